The Morgan fingerprint density at radius 2 is 1.80 bits per heavy atom. The molecule has 2 amide bonds. The Bertz CT molecular complexity index is 617. The van der Waals surface area contributed by atoms with E-state index in [1.54, 1.807) is 47.2 Å². The molecule has 0 unspecified atom stereocenters. The molecule has 7 heteroatoms. The van der Waals surface area contributed by atoms with Gasteiger partial charge in [0.15, 0.2) is 0 Å². The number of hydrogen-bond donors (Lipinski definition) is 0. The summed E-state index contributed by atoms with van der Waals surface area (Å²) in [5.74, 6) is 0. The molecule has 0 radical (unpaired) electrons. The van der Waals surface area contributed by atoms with Crippen molar-refractivity contribution >= 4 is 16.1 Å². The quantitative estimate of drug-likeness (QED) is 0.795. The van der Waals surface area contributed by atoms with Crippen molar-refractivity contribution in [3.8, 4) is 0 Å². The minimum absolute atomic E-state index is 0.00763. The third-order valence-corrected chi connectivity index (χ3v) is 5.76. The molecule has 1 aromatic carbocycles. The minimum Gasteiger partial charge on any atom is -0.326 e. The Morgan fingerprint density at radius 3 is 2.50 bits per heavy atom. The van der Waals surface area contributed by atoms with Gasteiger partial charge in [0.2, 0.25) is 10.0 Å². The van der Waals surface area contributed by atoms with Crippen LogP contribution in [0.5, 0.6) is 0 Å². The third-order valence-electron chi connectivity index (χ3n) is 3.88. The van der Waals surface area contributed by atoms with Crippen LogP contribution in [-0.2, 0) is 10.0 Å². The van der Waals surface area contributed by atoms with E-state index in [2.05, 4.69) is 0 Å². The number of nitrogens with zero attached hydrogens (tertiary/aromatic N) is 3. The highest BCUT2D eigenvalue weighted by atomic mass is 32.2. The summed E-state index contributed by atoms with van der Waals surface area (Å²) in [4.78, 5) is 15.6. The topological polar surface area (TPSA) is 60.9 Å². The van der Waals surface area contributed by atoms with Gasteiger partial charge in [-0.25, -0.2) is 13.2 Å². The van der Waals surface area contributed by atoms with E-state index < -0.39 is 10.0 Å². The first kappa shape index (κ1) is 13.4. The summed E-state index contributed by atoms with van der Waals surface area (Å²) in [6.07, 6.45) is 0. The van der Waals surface area contributed by atoms with Crippen LogP contribution in [0.3, 0.4) is 0 Å². The van der Waals surface area contributed by atoms with E-state index in [0.29, 0.717) is 31.1 Å². The number of sulfonamides is 1. The van der Waals surface area contributed by atoms with Gasteiger partial charge in [0.05, 0.1) is 10.9 Å². The van der Waals surface area contributed by atoms with Crippen LogP contribution >= 0.6 is 0 Å². The van der Waals surface area contributed by atoms with Crippen molar-refractivity contribution in [2.75, 3.05) is 33.2 Å². The molecule has 20 heavy (non-hydrogen) atoms. The van der Waals surface area contributed by atoms with Crippen molar-refractivity contribution in [2.24, 2.45) is 0 Å². The number of fused-ring (bicyclic) bond motifs is 1. The lowest BCUT2D eigenvalue weighted by atomic mass is 10.2. The smallest absolute Gasteiger partial charge is 0.320 e. The van der Waals surface area contributed by atoms with Crippen LogP contribution in [-0.4, -0.2) is 67.8 Å². The Hall–Kier alpha value is -1.60. The molecular weight excluding hydrogens is 278 g/mol. The van der Waals surface area contributed by atoms with Crippen LogP contribution in [0.25, 0.3) is 0 Å². The van der Waals surface area contributed by atoms with Gasteiger partial charge < -0.3 is 9.80 Å². The predicted molar refractivity (Wildman–Crippen MR) is 73.7 cm³/mol. The van der Waals surface area contributed by atoms with E-state index >= 15 is 0 Å². The van der Waals surface area contributed by atoms with Crippen LogP contribution in [0.2, 0.25) is 0 Å². The number of likely N-dealkylation sites (N-methyl/N-ethyl adjacent to an activating group) is 1. The van der Waals surface area contributed by atoms with Gasteiger partial charge in [-0.15, -0.1) is 0 Å². The first-order valence-electron chi connectivity index (χ1n) is 6.57. The Balaban J connectivity index is 1.82. The normalized spacial score (nSPS) is 24.1. The number of piperazine rings is 1. The highest BCUT2D eigenvalue weighted by Crippen LogP contribution is 2.24. The van der Waals surface area contributed by atoms with Gasteiger partial charge in [0.1, 0.15) is 0 Å². The molecule has 6 nitrogen and oxygen atoms in total. The number of benzene rings is 1. The maximum absolute atomic E-state index is 12.5. The van der Waals surface area contributed by atoms with Gasteiger partial charge >= 0.3 is 6.03 Å². The summed E-state index contributed by atoms with van der Waals surface area (Å²) in [6.45, 7) is 1.76. The lowest BCUT2D eigenvalue weighted by Gasteiger charge is -2.35. The van der Waals surface area contributed by atoms with Gasteiger partial charge in [-0.05, 0) is 12.1 Å². The largest absolute Gasteiger partial charge is 0.326 e. The summed E-state index contributed by atoms with van der Waals surface area (Å²) in [6, 6.07) is 8.39. The van der Waals surface area contributed by atoms with Crippen LogP contribution in [0, 0.1) is 0 Å². The van der Waals surface area contributed by atoms with Crippen LogP contribution < -0.4 is 0 Å². The summed E-state index contributed by atoms with van der Waals surface area (Å²) in [5, 5.41) is 0. The molecule has 0 saturated carbocycles. The molecule has 0 N–H and O–H groups in total. The minimum atomic E-state index is -3.46. The number of carbonyl (C=O) groups excluding carboxylic acids is 1. The highest BCUT2D eigenvalue weighted by Gasteiger charge is 2.42. The second-order valence-corrected chi connectivity index (χ2v) is 7.12. The maximum Gasteiger partial charge on any atom is 0.320 e. The summed E-state index contributed by atoms with van der Waals surface area (Å²) < 4.78 is 26.6. The zero-order valence-corrected chi connectivity index (χ0v) is 12.1. The van der Waals surface area contributed by atoms with Crippen LogP contribution in [0.1, 0.15) is 0 Å². The van der Waals surface area contributed by atoms with Gasteiger partial charge in [0.25, 0.3) is 0 Å². The molecule has 2 saturated heterocycles. The van der Waals surface area contributed by atoms with Gasteiger partial charge in [0, 0.05) is 33.2 Å². The fraction of sp³-hybridized carbons (Fsp3) is 0.462. The fourth-order valence-corrected chi connectivity index (χ4v) is 4.30. The molecule has 1 atom stereocenters. The number of amides is 2. The van der Waals surface area contributed by atoms with E-state index in [9.17, 15) is 13.2 Å². The van der Waals surface area contributed by atoms with Crippen molar-refractivity contribution in [1.29, 1.82) is 0 Å². The number of hydrogen-bond acceptors (Lipinski definition) is 3. The standard InChI is InChI=1S/C13H17N3O3S/c1-14-9-11-10-15(7-8-16(11)13(14)17)20(18,19)12-5-3-2-4-6-12/h2-6,11H,7-10H2,1H3/t11-/m0/s1. The first-order valence-corrected chi connectivity index (χ1v) is 8.01. The molecule has 2 fully saturated rings. The van der Waals surface area contributed by atoms with Crippen molar-refractivity contribution < 1.29 is 13.2 Å². The highest BCUT2D eigenvalue weighted by molar-refractivity contribution is 7.89. The lowest BCUT2D eigenvalue weighted by Crippen LogP contribution is -2.53. The average molecular weight is 295 g/mol. The lowest BCUT2D eigenvalue weighted by molar-refractivity contribution is 0.161. The predicted octanol–water partition coefficient (Wildman–Crippen LogP) is 0.427. The molecule has 108 valence electrons. The second kappa shape index (κ2) is 4.75. The fourth-order valence-electron chi connectivity index (χ4n) is 2.81. The van der Waals surface area contributed by atoms with E-state index in [1.165, 1.54) is 4.31 Å². The molecular formula is C13H17N3O3S. The Kier molecular flexibility index (Phi) is 3.18. The zero-order chi connectivity index (χ0) is 14.3. The molecule has 3 rings (SSSR count). The van der Waals surface area contributed by atoms with Gasteiger partial charge in [-0.3, -0.25) is 0 Å². The maximum atomic E-state index is 12.5. The van der Waals surface area contributed by atoms with Crippen molar-refractivity contribution in [2.45, 2.75) is 10.9 Å². The van der Waals surface area contributed by atoms with Crippen molar-refractivity contribution in [1.82, 2.24) is 14.1 Å². The molecule has 2 aliphatic heterocycles. The Morgan fingerprint density at radius 1 is 1.10 bits per heavy atom. The summed E-state index contributed by atoms with van der Waals surface area (Å²) in [5.41, 5.74) is 0. The molecule has 0 spiro atoms. The zero-order valence-electron chi connectivity index (χ0n) is 11.3. The van der Waals surface area contributed by atoms with Gasteiger partial charge in [-0.2, -0.15) is 4.31 Å². The van der Waals surface area contributed by atoms with E-state index in [4.69, 9.17) is 0 Å². The summed E-state index contributed by atoms with van der Waals surface area (Å²) in [7, 11) is -1.71. The molecule has 0 bridgehead atoms. The molecule has 1 aromatic rings. The SMILES string of the molecule is CN1C[C@H]2CN(S(=O)(=O)c3ccccc3)CCN2C1=O. The van der Waals surface area contributed by atoms with Crippen LogP contribution in [0.15, 0.2) is 35.2 Å². The molecule has 0 aliphatic carbocycles. The van der Waals surface area contributed by atoms with Crippen molar-refractivity contribution in [3.05, 3.63) is 30.3 Å². The number of rotatable bonds is 2. The van der Waals surface area contributed by atoms with Crippen LogP contribution in [0.4, 0.5) is 4.79 Å². The molecule has 2 aliphatic rings. The number of carbonyl (C=O) groups is 1. The van der Waals surface area contributed by atoms with E-state index in [1.807, 2.05) is 0 Å². The number of urea groups is 1. The third kappa shape index (κ3) is 2.06. The molecule has 2 heterocycles. The van der Waals surface area contributed by atoms with Crippen molar-refractivity contribution in [3.63, 3.8) is 0 Å². The monoisotopic (exact) mass is 295 g/mol. The second-order valence-electron chi connectivity index (χ2n) is 5.19. The van der Waals surface area contributed by atoms with E-state index in [-0.39, 0.29) is 12.1 Å². The van der Waals surface area contributed by atoms with Gasteiger partial charge in [-0.1, -0.05) is 18.2 Å². The summed E-state index contributed by atoms with van der Waals surface area (Å²) >= 11 is 0. The molecule has 0 aromatic heterocycles. The van der Waals surface area contributed by atoms with E-state index in [0.717, 1.165) is 0 Å². The first-order chi connectivity index (χ1) is 9.50. The Labute approximate surface area is 118 Å². The average Bonchev–Trinajstić information content (AvgIpc) is 2.74.